The van der Waals surface area contributed by atoms with E-state index in [0.29, 0.717) is 5.92 Å². The zero-order valence-electron chi connectivity index (χ0n) is 51.5. The molecule has 0 bridgehead atoms. The van der Waals surface area contributed by atoms with Crippen LogP contribution in [0.2, 0.25) is 0 Å². The van der Waals surface area contributed by atoms with Gasteiger partial charge in [0.2, 0.25) is 0 Å². The molecule has 432 valence electrons. The van der Waals surface area contributed by atoms with Crippen molar-refractivity contribution >= 4 is 128 Å². The SMILES string of the molecule is C=C(C)c1ccccc1C(C)C.C=Cc1ccc(-n2c3ccc(-c4cc(N(c5ccc6ccccc6c5)c5cccc6ccccc56)cc(N(c5ccccc5)c5cccc6c5oc5ccccc56)c4)cc3c3ccc4ccccc4c32)cc1/C=C\C.CC. The summed E-state index contributed by atoms with van der Waals surface area (Å²) in [5.41, 5.74) is 19.4. The molecule has 0 saturated carbocycles. The molecule has 0 spiro atoms. The molecule has 0 N–H and O–H groups in total. The lowest BCUT2D eigenvalue weighted by molar-refractivity contribution is 0.669. The molecule has 0 aliphatic rings. The van der Waals surface area contributed by atoms with Crippen molar-refractivity contribution in [1.82, 2.24) is 4.57 Å². The summed E-state index contributed by atoms with van der Waals surface area (Å²) >= 11 is 0. The molecule has 0 unspecified atom stereocenters. The molecule has 13 aromatic carbocycles. The Labute approximate surface area is 522 Å². The Morgan fingerprint density at radius 2 is 1.07 bits per heavy atom. The quantitative estimate of drug-likeness (QED) is 0.122. The van der Waals surface area contributed by atoms with E-state index in [1.54, 1.807) is 0 Å². The van der Waals surface area contributed by atoms with Gasteiger partial charge in [-0.2, -0.15) is 0 Å². The van der Waals surface area contributed by atoms with Crippen molar-refractivity contribution in [3.05, 3.63) is 314 Å². The average Bonchev–Trinajstić information content (AvgIpc) is 1.76. The molecule has 0 fully saturated rings. The minimum Gasteiger partial charge on any atom is -0.454 e. The Kier molecular flexibility index (Phi) is 15.9. The van der Waals surface area contributed by atoms with E-state index in [-0.39, 0.29) is 0 Å². The second kappa shape index (κ2) is 24.8. The molecular formula is C85H71N3O. The number of aromatic nitrogens is 1. The van der Waals surface area contributed by atoms with Crippen molar-refractivity contribution in [2.24, 2.45) is 0 Å². The number of anilines is 6. The maximum absolute atomic E-state index is 6.86. The number of allylic oxidation sites excluding steroid dienone is 2. The highest BCUT2D eigenvalue weighted by atomic mass is 16.3. The second-order valence-corrected chi connectivity index (χ2v) is 22.8. The summed E-state index contributed by atoms with van der Waals surface area (Å²) in [7, 11) is 0. The smallest absolute Gasteiger partial charge is 0.159 e. The van der Waals surface area contributed by atoms with Crippen molar-refractivity contribution < 1.29 is 4.42 Å². The third kappa shape index (κ3) is 10.7. The molecule has 0 radical (unpaired) electrons. The van der Waals surface area contributed by atoms with Crippen molar-refractivity contribution in [3.8, 4) is 16.8 Å². The average molecular weight is 1150 g/mol. The van der Waals surface area contributed by atoms with Crippen molar-refractivity contribution in [1.29, 1.82) is 0 Å². The Bertz CT molecular complexity index is 5170. The maximum atomic E-state index is 6.86. The highest BCUT2D eigenvalue weighted by molar-refractivity contribution is 6.19. The summed E-state index contributed by atoms with van der Waals surface area (Å²) in [6, 6.07) is 98.9. The van der Waals surface area contributed by atoms with Gasteiger partial charge in [-0.05, 0) is 160 Å². The molecule has 2 aromatic heterocycles. The number of rotatable bonds is 12. The first-order valence-electron chi connectivity index (χ1n) is 31.0. The van der Waals surface area contributed by atoms with Crippen LogP contribution in [0.15, 0.2) is 297 Å². The third-order valence-electron chi connectivity index (χ3n) is 17.0. The number of benzene rings is 13. The largest absolute Gasteiger partial charge is 0.454 e. The zero-order chi connectivity index (χ0) is 61.1. The molecule has 2 heterocycles. The van der Waals surface area contributed by atoms with Gasteiger partial charge in [0.05, 0.1) is 22.4 Å². The standard InChI is InChI=1S/C71H49N3O.C12H16.C2H6/c1-3-18-51-41-57(37-33-47(51)4-2)74-67-40-36-53(45-65(67)63-39-35-50-21-11-13-27-61(50)70(63)74)54-43-58(72(55-24-6-5-7-25-55)68-31-17-29-64-62-28-14-15-32-69(62)75-71(64)68)46-59(44-54)73(56-38-34-48-19-8-9-22-52(48)42-56)66-30-16-23-49-20-10-12-26-60(49)66;1-9(2)11-7-5-6-8-12(11)10(3)4;1-2/h3-46H,2H2,1H3;5-8,10H,1H2,2-4H3;1-2H3/b18-3-;;. The molecule has 4 nitrogen and oxygen atoms in total. The van der Waals surface area contributed by atoms with E-state index in [2.05, 4.69) is 334 Å². The molecule has 15 rings (SSSR count). The molecule has 89 heavy (non-hydrogen) atoms. The van der Waals surface area contributed by atoms with Gasteiger partial charge in [-0.1, -0.05) is 253 Å². The highest BCUT2D eigenvalue weighted by Crippen LogP contribution is 2.48. The summed E-state index contributed by atoms with van der Waals surface area (Å²) in [6.07, 6.45) is 6.20. The lowest BCUT2D eigenvalue weighted by Gasteiger charge is -2.31. The predicted molar refractivity (Wildman–Crippen MR) is 387 cm³/mol. The fraction of sp³-hybridized carbons (Fsp3) is 0.0824. The van der Waals surface area contributed by atoms with Gasteiger partial charge in [0.25, 0.3) is 0 Å². The topological polar surface area (TPSA) is 24.6 Å². The highest BCUT2D eigenvalue weighted by Gasteiger charge is 2.25. The van der Waals surface area contributed by atoms with Gasteiger partial charge >= 0.3 is 0 Å². The van der Waals surface area contributed by atoms with E-state index in [1.807, 2.05) is 26.0 Å². The molecule has 15 aromatic rings. The van der Waals surface area contributed by atoms with Crippen LogP contribution in [-0.2, 0) is 0 Å². The number of hydrogen-bond acceptors (Lipinski definition) is 3. The third-order valence-corrected chi connectivity index (χ3v) is 17.0. The van der Waals surface area contributed by atoms with Gasteiger partial charge in [0.1, 0.15) is 5.58 Å². The van der Waals surface area contributed by atoms with E-state index < -0.39 is 0 Å². The van der Waals surface area contributed by atoms with Gasteiger partial charge < -0.3 is 18.8 Å². The Hall–Kier alpha value is -10.9. The van der Waals surface area contributed by atoms with Crippen LogP contribution >= 0.6 is 0 Å². The van der Waals surface area contributed by atoms with E-state index in [9.17, 15) is 0 Å². The van der Waals surface area contributed by atoms with Crippen LogP contribution in [0.5, 0.6) is 0 Å². The van der Waals surface area contributed by atoms with E-state index >= 15 is 0 Å². The summed E-state index contributed by atoms with van der Waals surface area (Å²) in [6.45, 7) is 20.7. The first-order chi connectivity index (χ1) is 43.7. The molecule has 0 atom stereocenters. The van der Waals surface area contributed by atoms with E-state index in [0.717, 1.165) is 100 Å². The Morgan fingerprint density at radius 3 is 1.81 bits per heavy atom. The van der Waals surface area contributed by atoms with Crippen molar-refractivity contribution in [3.63, 3.8) is 0 Å². The lowest BCUT2D eigenvalue weighted by atomic mass is 9.94. The maximum Gasteiger partial charge on any atom is 0.159 e. The summed E-state index contributed by atoms with van der Waals surface area (Å²) in [4.78, 5) is 4.81. The van der Waals surface area contributed by atoms with Crippen LogP contribution in [0.25, 0.3) is 111 Å². The molecule has 0 amide bonds. The number of hydrogen-bond donors (Lipinski definition) is 0. The van der Waals surface area contributed by atoms with E-state index in [1.165, 1.54) is 54.3 Å². The normalized spacial score (nSPS) is 11.4. The summed E-state index contributed by atoms with van der Waals surface area (Å²) in [5, 5.41) is 11.6. The molecular weight excluding hydrogens is 1080 g/mol. The van der Waals surface area contributed by atoms with Crippen LogP contribution in [0, 0.1) is 0 Å². The monoisotopic (exact) mass is 1150 g/mol. The fourth-order valence-electron chi connectivity index (χ4n) is 12.9. The Balaban J connectivity index is 0.000000466. The molecule has 0 saturated heterocycles. The molecule has 4 heteroatoms. The minimum absolute atomic E-state index is 0.581. The van der Waals surface area contributed by atoms with Crippen LogP contribution < -0.4 is 9.80 Å². The van der Waals surface area contributed by atoms with Crippen LogP contribution in [0.3, 0.4) is 0 Å². The van der Waals surface area contributed by atoms with Gasteiger partial charge in [-0.25, -0.2) is 0 Å². The van der Waals surface area contributed by atoms with Gasteiger partial charge in [-0.15, -0.1) is 0 Å². The van der Waals surface area contributed by atoms with Crippen LogP contribution in [0.4, 0.5) is 34.1 Å². The number of furan rings is 1. The van der Waals surface area contributed by atoms with Gasteiger partial charge in [-0.3, -0.25) is 0 Å². The summed E-state index contributed by atoms with van der Waals surface area (Å²) in [5.74, 6) is 0.581. The van der Waals surface area contributed by atoms with Crippen molar-refractivity contribution in [2.45, 2.75) is 47.5 Å². The molecule has 0 aliphatic heterocycles. The minimum atomic E-state index is 0.581. The van der Waals surface area contributed by atoms with E-state index in [4.69, 9.17) is 4.42 Å². The summed E-state index contributed by atoms with van der Waals surface area (Å²) < 4.78 is 9.31. The number of nitrogens with zero attached hydrogens (tertiary/aromatic N) is 3. The number of para-hydroxylation sites is 3. The van der Waals surface area contributed by atoms with Crippen molar-refractivity contribution in [2.75, 3.05) is 9.80 Å². The predicted octanol–water partition coefficient (Wildman–Crippen LogP) is 25.3. The second-order valence-electron chi connectivity index (χ2n) is 22.8. The lowest BCUT2D eigenvalue weighted by Crippen LogP contribution is -2.14. The fourth-order valence-corrected chi connectivity index (χ4v) is 12.9. The first kappa shape index (κ1) is 57.2. The Morgan fingerprint density at radius 1 is 0.449 bits per heavy atom. The first-order valence-corrected chi connectivity index (χ1v) is 31.0. The number of fused-ring (bicyclic) bond motifs is 10. The zero-order valence-corrected chi connectivity index (χ0v) is 51.5. The van der Waals surface area contributed by atoms with Crippen LogP contribution in [0.1, 0.15) is 69.7 Å². The molecule has 0 aliphatic carbocycles. The van der Waals surface area contributed by atoms with Gasteiger partial charge in [0.15, 0.2) is 5.58 Å². The van der Waals surface area contributed by atoms with Crippen LogP contribution in [-0.4, -0.2) is 4.57 Å². The van der Waals surface area contributed by atoms with Gasteiger partial charge in [0, 0.05) is 60.8 Å².